The number of hydrogen-bond donors (Lipinski definition) is 1. The molecule has 0 aliphatic rings. The van der Waals surface area contributed by atoms with E-state index >= 15 is 0 Å². The van der Waals surface area contributed by atoms with Gasteiger partial charge >= 0.3 is 0 Å². The van der Waals surface area contributed by atoms with E-state index in [4.69, 9.17) is 32.8 Å². The number of ether oxygens (including phenoxy) is 6. The number of aliphatic hydroxyl groups is 1. The summed E-state index contributed by atoms with van der Waals surface area (Å²) in [6.45, 7) is 10.0. The Hall–Kier alpha value is -4.00. The number of aliphatic hydroxyl groups excluding tert-OH is 1. The Balaban J connectivity index is 1.13. The lowest BCUT2D eigenvalue weighted by Gasteiger charge is -2.44. The van der Waals surface area contributed by atoms with Gasteiger partial charge in [0.05, 0.1) is 50.8 Å². The van der Waals surface area contributed by atoms with Crippen LogP contribution in [0.3, 0.4) is 0 Å². The van der Waals surface area contributed by atoms with Crippen molar-refractivity contribution in [2.75, 3.05) is 46.8 Å². The Morgan fingerprint density at radius 1 is 0.466 bits per heavy atom. The molecule has 0 aromatic heterocycles. The largest absolute Gasteiger partial charge is 0.402 e. The highest BCUT2D eigenvalue weighted by Crippen LogP contribution is 2.37. The van der Waals surface area contributed by atoms with E-state index in [0.29, 0.717) is 39.1 Å². The zero-order valence-electron chi connectivity index (χ0n) is 34.6. The summed E-state index contributed by atoms with van der Waals surface area (Å²) >= 11 is 0. The van der Waals surface area contributed by atoms with Crippen LogP contribution in [-0.4, -0.2) is 84.6 Å². The van der Waals surface area contributed by atoms with Crippen LogP contribution in [-0.2, 0) is 52.1 Å². The van der Waals surface area contributed by atoms with E-state index in [1.54, 1.807) is 0 Å². The lowest BCUT2D eigenvalue weighted by atomic mass is 10.1. The maximum Gasteiger partial charge on any atom is 0.261 e. The van der Waals surface area contributed by atoms with E-state index in [1.807, 2.05) is 66.7 Å². The summed E-state index contributed by atoms with van der Waals surface area (Å²) in [5, 5.41) is 12.2. The fourth-order valence-corrected chi connectivity index (χ4v) is 11.9. The van der Waals surface area contributed by atoms with E-state index in [2.05, 4.69) is 113 Å². The van der Waals surface area contributed by atoms with Gasteiger partial charge in [-0.3, -0.25) is 0 Å². The van der Waals surface area contributed by atoms with Crippen molar-refractivity contribution in [2.24, 2.45) is 0 Å². The molecule has 5 rings (SSSR count). The fraction of sp³-hybridized carbons (Fsp3) is 0.388. The zero-order valence-corrected chi connectivity index (χ0v) is 35.6. The molecule has 0 saturated heterocycles. The molecule has 58 heavy (non-hydrogen) atoms. The molecular weight excluding hydrogens is 745 g/mol. The van der Waals surface area contributed by atoms with Crippen molar-refractivity contribution in [1.29, 1.82) is 0 Å². The standard InChI is InChI=1S/C49H62O8Si/c1-40(57-58(49(2,3)4,47-26-16-8-17-27-47)48-28-18-9-19-29-48)34-51-37-55-45(31-42-22-12-6-13-23-42)36-53-39-56-46(32-43-24-14-7-15-25-43)35-52-38-54-44(33-50)30-41-20-10-5-11-21-41/h5-29,40,44-46,50H,30-39H2,1-4H3/t40-,44-,45-,46-/m1/s1. The van der Waals surface area contributed by atoms with Crippen molar-refractivity contribution >= 4 is 18.7 Å². The van der Waals surface area contributed by atoms with E-state index in [9.17, 15) is 5.11 Å². The molecular formula is C49H62O8Si. The highest BCUT2D eigenvalue weighted by atomic mass is 28.4. The molecule has 0 bridgehead atoms. The first kappa shape index (κ1) is 45.1. The van der Waals surface area contributed by atoms with E-state index < -0.39 is 8.32 Å². The quantitative estimate of drug-likeness (QED) is 0.0345. The minimum Gasteiger partial charge on any atom is -0.402 e. The second kappa shape index (κ2) is 24.2. The van der Waals surface area contributed by atoms with E-state index in [0.717, 1.165) is 16.7 Å². The Kier molecular flexibility index (Phi) is 18.8. The first-order valence-electron chi connectivity index (χ1n) is 20.4. The number of rotatable bonds is 26. The Morgan fingerprint density at radius 2 is 0.793 bits per heavy atom. The summed E-state index contributed by atoms with van der Waals surface area (Å²) in [5.41, 5.74) is 3.37. The average molecular weight is 807 g/mol. The molecule has 0 spiro atoms. The molecule has 0 heterocycles. The van der Waals surface area contributed by atoms with Crippen molar-refractivity contribution < 1.29 is 38.0 Å². The van der Waals surface area contributed by atoms with Crippen LogP contribution in [0.1, 0.15) is 44.4 Å². The Labute approximate surface area is 347 Å². The van der Waals surface area contributed by atoms with Crippen molar-refractivity contribution in [3.8, 4) is 0 Å². The molecule has 0 aliphatic carbocycles. The summed E-state index contributed by atoms with van der Waals surface area (Å²) < 4.78 is 43.8. The van der Waals surface area contributed by atoms with Gasteiger partial charge in [-0.15, -0.1) is 0 Å². The van der Waals surface area contributed by atoms with Crippen molar-refractivity contribution in [3.05, 3.63) is 168 Å². The van der Waals surface area contributed by atoms with Crippen LogP contribution < -0.4 is 10.4 Å². The molecule has 9 heteroatoms. The molecule has 0 saturated carbocycles. The van der Waals surface area contributed by atoms with Gasteiger partial charge in [0.15, 0.2) is 0 Å². The SMILES string of the molecule is C[C@H](COCO[C@@H](COCO[C@@H](COCO[C@@H](CO)Cc1ccccc1)Cc1ccccc1)Cc1ccccc1)O[Si](c1ccccc1)(c1ccccc1)C(C)(C)C. The molecule has 1 N–H and O–H groups in total. The lowest BCUT2D eigenvalue weighted by molar-refractivity contribution is -0.165. The molecule has 5 aromatic carbocycles. The van der Waals surface area contributed by atoms with Gasteiger partial charge in [0.2, 0.25) is 0 Å². The third kappa shape index (κ3) is 14.4. The minimum absolute atomic E-state index is 0.0438. The van der Waals surface area contributed by atoms with Crippen molar-refractivity contribution in [3.63, 3.8) is 0 Å². The predicted octanol–water partition coefficient (Wildman–Crippen LogP) is 7.75. The summed E-state index contributed by atoms with van der Waals surface area (Å²) in [6.07, 6.45) is 0.815. The number of benzene rings is 5. The minimum atomic E-state index is -2.72. The molecule has 8 nitrogen and oxygen atoms in total. The lowest BCUT2D eigenvalue weighted by Crippen LogP contribution is -2.67. The Morgan fingerprint density at radius 3 is 1.16 bits per heavy atom. The summed E-state index contributed by atoms with van der Waals surface area (Å²) in [4.78, 5) is 0. The molecule has 5 aromatic rings. The maximum atomic E-state index is 9.87. The van der Waals surface area contributed by atoms with E-state index in [-0.39, 0.29) is 56.4 Å². The topological polar surface area (TPSA) is 84.8 Å². The first-order valence-corrected chi connectivity index (χ1v) is 22.3. The third-order valence-corrected chi connectivity index (χ3v) is 15.2. The average Bonchev–Trinajstić information content (AvgIpc) is 3.25. The van der Waals surface area contributed by atoms with Crippen LogP contribution in [0.5, 0.6) is 0 Å². The monoisotopic (exact) mass is 806 g/mol. The third-order valence-electron chi connectivity index (χ3n) is 10.0. The molecule has 0 amide bonds. The van der Waals surface area contributed by atoms with Gasteiger partial charge in [-0.1, -0.05) is 172 Å². The molecule has 0 aliphatic heterocycles. The van der Waals surface area contributed by atoms with Crippen molar-refractivity contribution in [2.45, 2.75) is 76.4 Å². The van der Waals surface area contributed by atoms with Crippen LogP contribution in [0.15, 0.2) is 152 Å². The van der Waals surface area contributed by atoms with Crippen LogP contribution in [0.4, 0.5) is 0 Å². The Bertz CT molecular complexity index is 1750. The van der Waals surface area contributed by atoms with Gasteiger partial charge in [0.25, 0.3) is 8.32 Å². The predicted molar refractivity (Wildman–Crippen MR) is 233 cm³/mol. The maximum absolute atomic E-state index is 9.87. The zero-order chi connectivity index (χ0) is 40.9. The van der Waals surface area contributed by atoms with Crippen LogP contribution in [0.2, 0.25) is 5.04 Å². The smallest absolute Gasteiger partial charge is 0.261 e. The van der Waals surface area contributed by atoms with Gasteiger partial charge in [-0.05, 0) is 39.0 Å². The van der Waals surface area contributed by atoms with Gasteiger partial charge in [0, 0.05) is 19.3 Å². The van der Waals surface area contributed by atoms with Gasteiger partial charge in [-0.25, -0.2) is 0 Å². The summed E-state index contributed by atoms with van der Waals surface area (Å²) in [7, 11) is -2.72. The normalized spacial score (nSPS) is 14.2. The summed E-state index contributed by atoms with van der Waals surface area (Å²) in [5.74, 6) is 0. The van der Waals surface area contributed by atoms with E-state index in [1.165, 1.54) is 10.4 Å². The van der Waals surface area contributed by atoms with Crippen LogP contribution >= 0.6 is 0 Å². The molecule has 4 atom stereocenters. The van der Waals surface area contributed by atoms with Gasteiger partial charge in [-0.2, -0.15) is 0 Å². The molecule has 0 radical (unpaired) electrons. The van der Waals surface area contributed by atoms with Crippen LogP contribution in [0.25, 0.3) is 0 Å². The fourth-order valence-electron chi connectivity index (χ4n) is 7.17. The highest BCUT2D eigenvalue weighted by molar-refractivity contribution is 6.99. The second-order valence-corrected chi connectivity index (χ2v) is 19.9. The van der Waals surface area contributed by atoms with Crippen molar-refractivity contribution in [1.82, 2.24) is 0 Å². The molecule has 0 unspecified atom stereocenters. The number of hydrogen-bond acceptors (Lipinski definition) is 8. The second-order valence-electron chi connectivity index (χ2n) is 15.7. The van der Waals surface area contributed by atoms with Gasteiger partial charge < -0.3 is 38.0 Å². The highest BCUT2D eigenvalue weighted by Gasteiger charge is 2.51. The molecule has 310 valence electrons. The molecule has 0 fully saturated rings. The first-order chi connectivity index (χ1) is 28.3. The van der Waals surface area contributed by atoms with Crippen LogP contribution in [0, 0.1) is 0 Å². The van der Waals surface area contributed by atoms with Gasteiger partial charge in [0.1, 0.15) is 20.4 Å². The summed E-state index contributed by atoms with van der Waals surface area (Å²) in [6, 6.07) is 51.7.